The maximum atomic E-state index is 12.4. The van der Waals surface area contributed by atoms with Gasteiger partial charge in [0.1, 0.15) is 12.4 Å². The number of thioether (sulfide) groups is 1. The summed E-state index contributed by atoms with van der Waals surface area (Å²) in [6, 6.07) is 8.30. The molecule has 8 heteroatoms. The third-order valence-electron chi connectivity index (χ3n) is 5.00. The van der Waals surface area contributed by atoms with E-state index in [1.165, 1.54) is 34.8 Å². The zero-order valence-corrected chi connectivity index (χ0v) is 17.5. The molecule has 0 radical (unpaired) electrons. The molecule has 3 N–H and O–H groups in total. The first kappa shape index (κ1) is 20.5. The molecule has 1 atom stereocenters. The van der Waals surface area contributed by atoms with Gasteiger partial charge in [-0.2, -0.15) is 0 Å². The van der Waals surface area contributed by atoms with E-state index >= 15 is 0 Å². The second-order valence-corrected chi connectivity index (χ2v) is 8.84. The Labute approximate surface area is 170 Å². The molecule has 0 spiro atoms. The average Bonchev–Trinajstić information content (AvgIpc) is 3.31. The first-order chi connectivity index (χ1) is 13.4. The minimum Gasteiger partial charge on any atom is -0.486 e. The van der Waals surface area contributed by atoms with Crippen LogP contribution in [0.3, 0.4) is 0 Å². The molecule has 1 aromatic carbocycles. The first-order valence-corrected chi connectivity index (χ1v) is 10.7. The molecule has 2 aromatic rings. The Morgan fingerprint density at radius 3 is 2.57 bits per heavy atom. The van der Waals surface area contributed by atoms with E-state index in [0.29, 0.717) is 22.9 Å². The van der Waals surface area contributed by atoms with E-state index in [-0.39, 0.29) is 17.8 Å². The number of nitrogen functional groups attached to an aromatic ring is 1. The number of nitrogens with one attached hydrogen (secondary N) is 1. The number of hydrogen-bond donors (Lipinski definition) is 2. The van der Waals surface area contributed by atoms with Crippen molar-refractivity contribution in [2.24, 2.45) is 0 Å². The summed E-state index contributed by atoms with van der Waals surface area (Å²) in [5.74, 6) is 7.87. The van der Waals surface area contributed by atoms with Gasteiger partial charge in [0.25, 0.3) is 0 Å². The summed E-state index contributed by atoms with van der Waals surface area (Å²) in [4.78, 5) is 12.4. The Kier molecular flexibility index (Phi) is 6.83. The van der Waals surface area contributed by atoms with Crippen molar-refractivity contribution >= 4 is 17.7 Å². The lowest BCUT2D eigenvalue weighted by Gasteiger charge is -2.15. The number of rotatable bonds is 8. The largest absolute Gasteiger partial charge is 0.486 e. The van der Waals surface area contributed by atoms with E-state index < -0.39 is 0 Å². The Morgan fingerprint density at radius 2 is 1.93 bits per heavy atom. The van der Waals surface area contributed by atoms with Gasteiger partial charge < -0.3 is 15.9 Å². The average molecular weight is 404 g/mol. The Bertz CT molecular complexity index is 784. The van der Waals surface area contributed by atoms with Crippen LogP contribution in [0.15, 0.2) is 29.4 Å². The van der Waals surface area contributed by atoms with Crippen LogP contribution in [0.25, 0.3) is 0 Å². The summed E-state index contributed by atoms with van der Waals surface area (Å²) in [6.07, 6.45) is 4.51. The fourth-order valence-corrected chi connectivity index (χ4v) is 3.98. The number of carbonyl (C=O) groups is 1. The van der Waals surface area contributed by atoms with Gasteiger partial charge >= 0.3 is 0 Å². The van der Waals surface area contributed by atoms with Crippen molar-refractivity contribution in [3.05, 3.63) is 35.7 Å². The van der Waals surface area contributed by atoms with Crippen molar-refractivity contribution < 1.29 is 9.53 Å². The fraction of sp³-hybridized carbons (Fsp3) is 0.550. The molecule has 3 rings (SSSR count). The number of amides is 1. The van der Waals surface area contributed by atoms with Crippen molar-refractivity contribution in [1.29, 1.82) is 0 Å². The highest BCUT2D eigenvalue weighted by atomic mass is 32.2. The highest BCUT2D eigenvalue weighted by molar-refractivity contribution is 8.00. The lowest BCUT2D eigenvalue weighted by Crippen LogP contribution is -2.37. The van der Waals surface area contributed by atoms with Gasteiger partial charge in [-0.3, -0.25) is 4.79 Å². The van der Waals surface area contributed by atoms with E-state index in [9.17, 15) is 4.79 Å². The van der Waals surface area contributed by atoms with E-state index in [1.54, 1.807) is 0 Å². The molecule has 0 bridgehead atoms. The molecule has 152 valence electrons. The van der Waals surface area contributed by atoms with Crippen LogP contribution < -0.4 is 15.9 Å². The van der Waals surface area contributed by atoms with E-state index in [1.807, 2.05) is 19.1 Å². The van der Waals surface area contributed by atoms with Gasteiger partial charge in [-0.25, -0.2) is 4.68 Å². The van der Waals surface area contributed by atoms with Crippen LogP contribution in [0, 0.1) is 0 Å². The van der Waals surface area contributed by atoms with Crippen molar-refractivity contribution in [2.45, 2.75) is 75.4 Å². The number of aromatic nitrogens is 3. The number of nitrogens with zero attached hydrogens (tertiary/aromatic N) is 3. The van der Waals surface area contributed by atoms with Crippen LogP contribution in [0.2, 0.25) is 0 Å². The van der Waals surface area contributed by atoms with Gasteiger partial charge in [0.2, 0.25) is 11.1 Å². The summed E-state index contributed by atoms with van der Waals surface area (Å²) in [7, 11) is 0. The highest BCUT2D eigenvalue weighted by Crippen LogP contribution is 2.24. The number of hydrogen-bond acceptors (Lipinski definition) is 6. The summed E-state index contributed by atoms with van der Waals surface area (Å²) < 4.78 is 7.17. The zero-order valence-electron chi connectivity index (χ0n) is 16.7. The summed E-state index contributed by atoms with van der Waals surface area (Å²) >= 11 is 1.31. The molecule has 1 aliphatic carbocycles. The second-order valence-electron chi connectivity index (χ2n) is 7.53. The molecule has 1 aromatic heterocycles. The van der Waals surface area contributed by atoms with Gasteiger partial charge in [0.05, 0.1) is 5.25 Å². The molecule has 7 nitrogen and oxygen atoms in total. The Hall–Kier alpha value is -2.22. The van der Waals surface area contributed by atoms with Gasteiger partial charge in [-0.05, 0) is 43.4 Å². The van der Waals surface area contributed by atoms with Crippen molar-refractivity contribution in [1.82, 2.24) is 20.2 Å². The van der Waals surface area contributed by atoms with Gasteiger partial charge in [0, 0.05) is 6.04 Å². The van der Waals surface area contributed by atoms with Crippen LogP contribution in [0.5, 0.6) is 5.75 Å². The lowest BCUT2D eigenvalue weighted by atomic mass is 10.0. The van der Waals surface area contributed by atoms with Crippen LogP contribution >= 0.6 is 11.8 Å². The molecular formula is C20H29N5O2S. The van der Waals surface area contributed by atoms with E-state index in [0.717, 1.165) is 18.6 Å². The highest BCUT2D eigenvalue weighted by Gasteiger charge is 2.23. The van der Waals surface area contributed by atoms with Crippen molar-refractivity contribution in [3.63, 3.8) is 0 Å². The normalized spacial score (nSPS) is 15.7. The molecule has 0 unspecified atom stereocenters. The predicted molar refractivity (Wildman–Crippen MR) is 111 cm³/mol. The first-order valence-electron chi connectivity index (χ1n) is 9.83. The zero-order chi connectivity index (χ0) is 20.1. The van der Waals surface area contributed by atoms with Gasteiger partial charge in [-0.15, -0.1) is 10.2 Å². The third kappa shape index (κ3) is 5.19. The number of carbonyl (C=O) groups excluding carboxylic acids is 1. The quantitative estimate of drug-likeness (QED) is 0.519. The lowest BCUT2D eigenvalue weighted by molar-refractivity contribution is -0.120. The summed E-state index contributed by atoms with van der Waals surface area (Å²) in [6.45, 7) is 6.38. The van der Waals surface area contributed by atoms with Gasteiger partial charge in [0.15, 0.2) is 5.82 Å². The topological polar surface area (TPSA) is 95.1 Å². The number of ether oxygens (including phenoxy) is 1. The Balaban J connectivity index is 1.53. The minimum absolute atomic E-state index is 0.0166. The van der Waals surface area contributed by atoms with Crippen molar-refractivity contribution in [3.8, 4) is 5.75 Å². The van der Waals surface area contributed by atoms with Crippen LogP contribution in [0.4, 0.5) is 0 Å². The monoisotopic (exact) mass is 403 g/mol. The molecule has 0 saturated heterocycles. The second kappa shape index (κ2) is 9.32. The van der Waals surface area contributed by atoms with E-state index in [2.05, 4.69) is 41.5 Å². The SMILES string of the molecule is CC(C)c1ccc(OCc2nnc(S[C@@H](C)C(=O)NC3CCCC3)n2N)cc1. The molecule has 1 heterocycles. The van der Waals surface area contributed by atoms with E-state index in [4.69, 9.17) is 10.6 Å². The molecule has 28 heavy (non-hydrogen) atoms. The molecule has 1 fully saturated rings. The number of benzene rings is 1. The fourth-order valence-electron chi connectivity index (χ4n) is 3.18. The Morgan fingerprint density at radius 1 is 1.25 bits per heavy atom. The third-order valence-corrected chi connectivity index (χ3v) is 6.06. The molecule has 1 aliphatic rings. The standard InChI is InChI=1S/C20H29N5O2S/c1-13(2)15-8-10-17(11-9-15)27-12-18-23-24-20(25(18)21)28-14(3)19(26)22-16-6-4-5-7-16/h8-11,13-14,16H,4-7,12,21H2,1-3H3,(H,22,26)/t14-/m0/s1. The van der Waals surface area contributed by atoms with Crippen molar-refractivity contribution in [2.75, 3.05) is 5.84 Å². The minimum atomic E-state index is -0.288. The maximum Gasteiger partial charge on any atom is 0.233 e. The summed E-state index contributed by atoms with van der Waals surface area (Å²) in [5.41, 5.74) is 1.26. The number of nitrogens with two attached hydrogens (primary N) is 1. The van der Waals surface area contributed by atoms with Crippen LogP contribution in [-0.2, 0) is 11.4 Å². The molecular weight excluding hydrogens is 374 g/mol. The predicted octanol–water partition coefficient (Wildman–Crippen LogP) is 3.23. The van der Waals surface area contributed by atoms with Crippen LogP contribution in [-0.4, -0.2) is 32.1 Å². The van der Waals surface area contributed by atoms with Crippen LogP contribution in [0.1, 0.15) is 63.8 Å². The summed E-state index contributed by atoms with van der Waals surface area (Å²) in [5, 5.41) is 11.5. The smallest absolute Gasteiger partial charge is 0.233 e. The molecule has 1 saturated carbocycles. The molecule has 0 aliphatic heterocycles. The molecule has 1 amide bonds. The van der Waals surface area contributed by atoms with Gasteiger partial charge in [-0.1, -0.05) is 50.6 Å². The maximum absolute atomic E-state index is 12.4.